The Labute approximate surface area is 350 Å². The van der Waals surface area contributed by atoms with Crippen molar-refractivity contribution >= 4 is 49.6 Å². The highest BCUT2D eigenvalue weighted by atomic mass is 15.1. The summed E-state index contributed by atoms with van der Waals surface area (Å²) in [6.07, 6.45) is 0. The molecule has 0 radical (unpaired) electrons. The van der Waals surface area contributed by atoms with Gasteiger partial charge in [-0.1, -0.05) is 194 Å². The second kappa shape index (κ2) is 15.1. The van der Waals surface area contributed by atoms with Crippen LogP contribution < -0.4 is 4.90 Å². The fourth-order valence-electron chi connectivity index (χ4n) is 8.87. The molecule has 0 fully saturated rings. The first-order valence-electron chi connectivity index (χ1n) is 20.6. The van der Waals surface area contributed by atoms with Crippen molar-refractivity contribution in [3.05, 3.63) is 243 Å². The maximum atomic E-state index is 2.41. The third kappa shape index (κ3) is 6.32. The number of rotatable bonds is 8. The number of hydrogen-bond acceptors (Lipinski definition) is 1. The quantitative estimate of drug-likeness (QED) is 0.150. The highest BCUT2D eigenvalue weighted by Gasteiger charge is 2.19. The Morgan fingerprint density at radius 1 is 0.283 bits per heavy atom. The molecule has 0 unspecified atom stereocenters. The molecule has 60 heavy (non-hydrogen) atoms. The average molecular weight is 765 g/mol. The first kappa shape index (κ1) is 35.2. The molecule has 0 atom stereocenters. The maximum Gasteiger partial charge on any atom is 0.0541 e. The zero-order valence-corrected chi connectivity index (χ0v) is 33.0. The molecule has 0 spiro atoms. The first-order valence-corrected chi connectivity index (χ1v) is 20.6. The fourth-order valence-corrected chi connectivity index (χ4v) is 8.87. The van der Waals surface area contributed by atoms with Gasteiger partial charge in [0.2, 0.25) is 0 Å². The summed E-state index contributed by atoms with van der Waals surface area (Å²) in [5, 5.41) is 4.97. The van der Waals surface area contributed by atoms with Crippen LogP contribution in [0.3, 0.4) is 0 Å². The van der Waals surface area contributed by atoms with Crippen LogP contribution in [0, 0.1) is 0 Å². The molecule has 0 amide bonds. The van der Waals surface area contributed by atoms with E-state index >= 15 is 0 Å². The lowest BCUT2D eigenvalue weighted by Gasteiger charge is -2.28. The van der Waals surface area contributed by atoms with Gasteiger partial charge in [0.25, 0.3) is 0 Å². The Balaban J connectivity index is 0.956. The summed E-state index contributed by atoms with van der Waals surface area (Å²) in [6, 6.07) is 87.8. The summed E-state index contributed by atoms with van der Waals surface area (Å²) in [6.45, 7) is 0. The topological polar surface area (TPSA) is 8.17 Å². The lowest BCUT2D eigenvalue weighted by Crippen LogP contribution is -2.11. The number of nitrogens with zero attached hydrogens (tertiary/aromatic N) is 2. The van der Waals surface area contributed by atoms with Crippen molar-refractivity contribution in [2.45, 2.75) is 0 Å². The van der Waals surface area contributed by atoms with E-state index in [1.807, 2.05) is 0 Å². The highest BCUT2D eigenvalue weighted by molar-refractivity contribution is 6.09. The number of hydrogen-bond donors (Lipinski definition) is 0. The number of para-hydroxylation sites is 4. The van der Waals surface area contributed by atoms with Gasteiger partial charge >= 0.3 is 0 Å². The van der Waals surface area contributed by atoms with E-state index in [4.69, 9.17) is 0 Å². The molecule has 0 aliphatic heterocycles. The summed E-state index contributed by atoms with van der Waals surface area (Å²) < 4.78 is 2.41. The van der Waals surface area contributed by atoms with Crippen LogP contribution in [0.4, 0.5) is 17.1 Å². The largest absolute Gasteiger partial charge is 0.310 e. The molecule has 0 saturated heterocycles. The fraction of sp³-hybridized carbons (Fsp3) is 0. The standard InChI is InChI=1S/C58H40N2/c1-2-14-41(15-3-1)43-26-30-46(31-27-43)51-18-6-10-22-55(51)59(50-39-36-42-16-4-5-17-48(42)40-50)49-37-34-45(35-38-49)44-28-32-47(33-29-44)52-19-7-11-23-56(52)60-57-24-12-8-20-53(57)54-21-9-13-25-58(54)60/h1-40H. The molecule has 2 heteroatoms. The molecule has 0 aliphatic carbocycles. The second-order valence-electron chi connectivity index (χ2n) is 15.3. The van der Waals surface area contributed by atoms with E-state index in [1.165, 1.54) is 82.8 Å². The summed E-state index contributed by atoms with van der Waals surface area (Å²) in [7, 11) is 0. The Bertz CT molecular complexity index is 3230. The summed E-state index contributed by atoms with van der Waals surface area (Å²) in [5.74, 6) is 0. The van der Waals surface area contributed by atoms with Gasteiger partial charge in [-0.2, -0.15) is 0 Å². The average Bonchev–Trinajstić information content (AvgIpc) is 3.67. The van der Waals surface area contributed by atoms with Gasteiger partial charge < -0.3 is 9.47 Å². The van der Waals surface area contributed by atoms with Gasteiger partial charge in [-0.05, 0) is 92.7 Å². The molecule has 1 aromatic heterocycles. The van der Waals surface area contributed by atoms with Crippen LogP contribution in [-0.4, -0.2) is 4.57 Å². The van der Waals surface area contributed by atoms with Gasteiger partial charge in [-0.25, -0.2) is 0 Å². The zero-order valence-electron chi connectivity index (χ0n) is 33.0. The lowest BCUT2D eigenvalue weighted by atomic mass is 9.97. The predicted octanol–water partition coefficient (Wildman–Crippen LogP) is 16.1. The van der Waals surface area contributed by atoms with Crippen LogP contribution >= 0.6 is 0 Å². The number of anilines is 3. The summed E-state index contributed by atoms with van der Waals surface area (Å²) >= 11 is 0. The van der Waals surface area contributed by atoms with Crippen molar-refractivity contribution in [1.29, 1.82) is 0 Å². The molecule has 1 heterocycles. The van der Waals surface area contributed by atoms with Crippen molar-refractivity contribution in [2.24, 2.45) is 0 Å². The van der Waals surface area contributed by atoms with E-state index in [0.717, 1.165) is 17.1 Å². The van der Waals surface area contributed by atoms with Gasteiger partial charge in [-0.15, -0.1) is 0 Å². The van der Waals surface area contributed by atoms with Crippen LogP contribution in [0.15, 0.2) is 243 Å². The molecular weight excluding hydrogens is 725 g/mol. The molecule has 0 saturated carbocycles. The number of benzene rings is 10. The van der Waals surface area contributed by atoms with Crippen molar-refractivity contribution in [1.82, 2.24) is 4.57 Å². The molecular formula is C58H40N2. The zero-order chi connectivity index (χ0) is 39.8. The summed E-state index contributed by atoms with van der Waals surface area (Å²) in [4.78, 5) is 2.39. The van der Waals surface area contributed by atoms with Crippen molar-refractivity contribution in [3.8, 4) is 50.2 Å². The Morgan fingerprint density at radius 3 is 1.40 bits per heavy atom. The van der Waals surface area contributed by atoms with Gasteiger partial charge in [-0.3, -0.25) is 0 Å². The molecule has 11 rings (SSSR count). The van der Waals surface area contributed by atoms with Crippen molar-refractivity contribution < 1.29 is 0 Å². The molecule has 0 bridgehead atoms. The monoisotopic (exact) mass is 764 g/mol. The van der Waals surface area contributed by atoms with E-state index in [2.05, 4.69) is 252 Å². The minimum absolute atomic E-state index is 1.10. The number of aromatic nitrogens is 1. The molecule has 0 aliphatic rings. The van der Waals surface area contributed by atoms with Gasteiger partial charge in [0, 0.05) is 33.3 Å². The second-order valence-corrected chi connectivity index (χ2v) is 15.3. The Morgan fingerprint density at radius 2 is 0.733 bits per heavy atom. The lowest BCUT2D eigenvalue weighted by molar-refractivity contribution is 1.18. The van der Waals surface area contributed by atoms with Crippen LogP contribution in [0.2, 0.25) is 0 Å². The van der Waals surface area contributed by atoms with Crippen molar-refractivity contribution in [3.63, 3.8) is 0 Å². The van der Waals surface area contributed by atoms with E-state index in [0.29, 0.717) is 0 Å². The van der Waals surface area contributed by atoms with Gasteiger partial charge in [0.15, 0.2) is 0 Å². The predicted molar refractivity (Wildman–Crippen MR) is 255 cm³/mol. The maximum absolute atomic E-state index is 2.41. The Kier molecular flexibility index (Phi) is 8.87. The van der Waals surface area contributed by atoms with Crippen LogP contribution in [-0.2, 0) is 0 Å². The third-order valence-electron chi connectivity index (χ3n) is 11.8. The van der Waals surface area contributed by atoms with Crippen molar-refractivity contribution in [2.75, 3.05) is 4.90 Å². The molecule has 2 nitrogen and oxygen atoms in total. The number of fused-ring (bicyclic) bond motifs is 4. The molecule has 11 aromatic rings. The highest BCUT2D eigenvalue weighted by Crippen LogP contribution is 2.43. The molecule has 282 valence electrons. The third-order valence-corrected chi connectivity index (χ3v) is 11.8. The van der Waals surface area contributed by atoms with E-state index < -0.39 is 0 Å². The molecule has 0 N–H and O–H groups in total. The minimum Gasteiger partial charge on any atom is -0.310 e. The minimum atomic E-state index is 1.10. The summed E-state index contributed by atoms with van der Waals surface area (Å²) in [5.41, 5.74) is 16.4. The molecule has 10 aromatic carbocycles. The van der Waals surface area contributed by atoms with Gasteiger partial charge in [0.1, 0.15) is 0 Å². The Hall–Kier alpha value is -7.94. The van der Waals surface area contributed by atoms with Crippen LogP contribution in [0.25, 0.3) is 82.8 Å². The van der Waals surface area contributed by atoms with E-state index in [-0.39, 0.29) is 0 Å². The van der Waals surface area contributed by atoms with Crippen LogP contribution in [0.5, 0.6) is 0 Å². The van der Waals surface area contributed by atoms with Crippen LogP contribution in [0.1, 0.15) is 0 Å². The van der Waals surface area contributed by atoms with E-state index in [9.17, 15) is 0 Å². The smallest absolute Gasteiger partial charge is 0.0541 e. The van der Waals surface area contributed by atoms with E-state index in [1.54, 1.807) is 0 Å². The van der Waals surface area contributed by atoms with Gasteiger partial charge in [0.05, 0.1) is 22.4 Å². The normalized spacial score (nSPS) is 11.3. The first-order chi connectivity index (χ1) is 29.8. The SMILES string of the molecule is c1ccc(-c2ccc(-c3ccccc3N(c3ccc(-c4ccc(-c5ccccc5-n5c6ccccc6c6ccccc65)cc4)cc3)c3ccc4ccccc4c3)cc2)cc1.